The highest BCUT2D eigenvalue weighted by molar-refractivity contribution is 5.91. The summed E-state index contributed by atoms with van der Waals surface area (Å²) in [7, 11) is 0. The second kappa shape index (κ2) is 16.9. The van der Waals surface area contributed by atoms with Crippen molar-refractivity contribution in [1.82, 2.24) is 21.3 Å². The Morgan fingerprint density at radius 2 is 0.974 bits per heavy atom. The third-order valence-electron chi connectivity index (χ3n) is 7.29. The van der Waals surface area contributed by atoms with E-state index >= 15 is 0 Å². The maximum absolute atomic E-state index is 12.4. The maximum Gasteiger partial charge on any atom is 0.331 e. The van der Waals surface area contributed by atoms with E-state index in [2.05, 4.69) is 21.3 Å². The van der Waals surface area contributed by atoms with Crippen LogP contribution in [0.4, 0.5) is 9.59 Å². The fourth-order valence-corrected chi connectivity index (χ4v) is 4.66. The van der Waals surface area contributed by atoms with Crippen molar-refractivity contribution in [2.24, 2.45) is 11.8 Å². The lowest BCUT2D eigenvalue weighted by atomic mass is 9.96. The van der Waals surface area contributed by atoms with Gasteiger partial charge in [0.1, 0.15) is 13.2 Å². The van der Waals surface area contributed by atoms with Gasteiger partial charge in [0.2, 0.25) is 0 Å². The van der Waals surface area contributed by atoms with Crippen LogP contribution < -0.4 is 21.3 Å². The molecule has 2 fully saturated rings. The smallest absolute Gasteiger partial charge is 0.331 e. The molecule has 0 heterocycles. The van der Waals surface area contributed by atoms with Gasteiger partial charge < -0.3 is 30.7 Å². The summed E-state index contributed by atoms with van der Waals surface area (Å²) in [5.41, 5.74) is 0. The van der Waals surface area contributed by atoms with Gasteiger partial charge in [-0.1, -0.05) is 66.2 Å². The fourth-order valence-electron chi connectivity index (χ4n) is 4.66. The van der Waals surface area contributed by atoms with Crippen LogP contribution in [0.3, 0.4) is 0 Å². The number of hydrogen-bond donors (Lipinski definition) is 4. The van der Waals surface area contributed by atoms with E-state index in [1.54, 1.807) is 0 Å². The molecule has 0 aromatic carbocycles. The van der Waals surface area contributed by atoms with E-state index in [9.17, 15) is 19.2 Å². The van der Waals surface area contributed by atoms with Crippen molar-refractivity contribution >= 4 is 24.0 Å². The second-order valence-electron chi connectivity index (χ2n) is 11.2. The number of amides is 4. The molecule has 0 spiro atoms. The van der Waals surface area contributed by atoms with Crippen LogP contribution in [-0.2, 0) is 19.1 Å². The molecule has 0 saturated heterocycles. The summed E-state index contributed by atoms with van der Waals surface area (Å²) in [5, 5.41) is 11.8. The first-order chi connectivity index (χ1) is 18.1. The zero-order chi connectivity index (χ0) is 27.9. The Balaban J connectivity index is 1.71. The minimum Gasteiger partial charge on any atom is -0.460 e. The monoisotopic (exact) mass is 536 g/mol. The number of carbonyl (C=O) groups is 4. The van der Waals surface area contributed by atoms with Gasteiger partial charge in [-0.25, -0.2) is 19.2 Å². The van der Waals surface area contributed by atoms with Crippen LogP contribution in [0.2, 0.25) is 0 Å². The van der Waals surface area contributed by atoms with Crippen molar-refractivity contribution in [1.29, 1.82) is 0 Å². The Morgan fingerprint density at radius 3 is 1.29 bits per heavy atom. The van der Waals surface area contributed by atoms with Crippen LogP contribution in [0, 0.1) is 11.8 Å². The molecule has 0 bridgehead atoms. The molecule has 0 aromatic heterocycles. The van der Waals surface area contributed by atoms with Crippen molar-refractivity contribution in [3.8, 4) is 0 Å². The van der Waals surface area contributed by atoms with Crippen LogP contribution in [0.25, 0.3) is 0 Å². The average molecular weight is 537 g/mol. The third-order valence-corrected chi connectivity index (χ3v) is 7.29. The number of carbonyl (C=O) groups excluding carboxylic acids is 4. The zero-order valence-corrected chi connectivity index (χ0v) is 23.6. The molecule has 0 unspecified atom stereocenters. The Kier molecular flexibility index (Phi) is 14.0. The molecule has 0 aromatic rings. The molecule has 4 N–H and O–H groups in total. The van der Waals surface area contributed by atoms with E-state index < -0.39 is 11.9 Å². The van der Waals surface area contributed by atoms with Gasteiger partial charge in [-0.3, -0.25) is 0 Å². The normalized spacial score (nSPS) is 18.6. The molecular formula is C28H48N4O6. The quantitative estimate of drug-likeness (QED) is 0.220. The summed E-state index contributed by atoms with van der Waals surface area (Å²) < 4.78 is 10.5. The molecular weight excluding hydrogens is 488 g/mol. The van der Waals surface area contributed by atoms with Crippen LogP contribution in [0.1, 0.15) is 91.9 Å². The molecule has 2 aliphatic carbocycles. The molecule has 2 saturated carbocycles. The minimum absolute atomic E-state index is 0.0105. The number of hydrogen-bond acceptors (Lipinski definition) is 6. The predicted molar refractivity (Wildman–Crippen MR) is 145 cm³/mol. The number of urea groups is 2. The maximum atomic E-state index is 12.4. The molecule has 10 heteroatoms. The van der Waals surface area contributed by atoms with Gasteiger partial charge in [0.05, 0.1) is 12.1 Å². The Morgan fingerprint density at radius 1 is 0.632 bits per heavy atom. The van der Waals surface area contributed by atoms with Gasteiger partial charge in [-0.05, 0) is 37.5 Å². The van der Waals surface area contributed by atoms with Crippen molar-refractivity contribution in [2.45, 2.75) is 116 Å². The lowest BCUT2D eigenvalue weighted by Gasteiger charge is -2.26. The molecule has 4 amide bonds. The summed E-state index contributed by atoms with van der Waals surface area (Å²) in [6, 6.07) is -0.867. The average Bonchev–Trinajstić information content (AvgIpc) is 2.88. The van der Waals surface area contributed by atoms with Crippen LogP contribution >= 0.6 is 0 Å². The fraction of sp³-hybridized carbons (Fsp3) is 0.786. The third kappa shape index (κ3) is 12.6. The Labute approximate surface area is 227 Å². The highest BCUT2D eigenvalue weighted by Gasteiger charge is 2.22. The lowest BCUT2D eigenvalue weighted by molar-refractivity contribution is -0.141. The van der Waals surface area contributed by atoms with Crippen LogP contribution in [0.5, 0.6) is 0 Å². The van der Waals surface area contributed by atoms with Gasteiger partial charge in [-0.15, -0.1) is 0 Å². The zero-order valence-electron chi connectivity index (χ0n) is 23.6. The van der Waals surface area contributed by atoms with E-state index in [4.69, 9.17) is 9.47 Å². The van der Waals surface area contributed by atoms with E-state index in [-0.39, 0.29) is 61.3 Å². The van der Waals surface area contributed by atoms with E-state index in [1.807, 2.05) is 27.7 Å². The van der Waals surface area contributed by atoms with E-state index in [0.717, 1.165) is 63.5 Å². The molecule has 2 aliphatic rings. The van der Waals surface area contributed by atoms with Gasteiger partial charge >= 0.3 is 24.0 Å². The lowest BCUT2D eigenvalue weighted by Crippen LogP contribution is -2.50. The van der Waals surface area contributed by atoms with Gasteiger partial charge in [0, 0.05) is 24.2 Å². The number of nitrogens with one attached hydrogen (secondary N) is 4. The number of ether oxygens (including phenoxy) is 2. The molecule has 216 valence electrons. The van der Waals surface area contributed by atoms with Crippen LogP contribution in [0.15, 0.2) is 12.2 Å². The van der Waals surface area contributed by atoms with Crippen LogP contribution in [-0.4, -0.2) is 61.4 Å². The molecule has 10 nitrogen and oxygen atoms in total. The number of rotatable bonds is 12. The first-order valence-electron chi connectivity index (χ1n) is 14.3. The highest BCUT2D eigenvalue weighted by Crippen LogP contribution is 2.18. The molecule has 2 rings (SSSR count). The molecule has 38 heavy (non-hydrogen) atoms. The molecule has 0 aliphatic heterocycles. The van der Waals surface area contributed by atoms with Crippen molar-refractivity contribution in [3.63, 3.8) is 0 Å². The summed E-state index contributed by atoms with van der Waals surface area (Å²) >= 11 is 0. The summed E-state index contributed by atoms with van der Waals surface area (Å²) in [6.45, 7) is 7.71. The van der Waals surface area contributed by atoms with E-state index in [0.29, 0.717) is 0 Å². The Hall–Kier alpha value is -2.78. The topological polar surface area (TPSA) is 135 Å². The minimum atomic E-state index is -0.701. The van der Waals surface area contributed by atoms with Crippen molar-refractivity contribution in [3.05, 3.63) is 12.2 Å². The van der Waals surface area contributed by atoms with Crippen molar-refractivity contribution in [2.75, 3.05) is 13.2 Å². The SMILES string of the molecule is CC(C)[C@@H](COC(=O)/C=C/C(=O)OC[C@@H](NC(=O)NC1CCCCC1)C(C)C)NC(=O)NC1CCCCC1. The summed E-state index contributed by atoms with van der Waals surface area (Å²) in [4.78, 5) is 49.0. The van der Waals surface area contributed by atoms with Gasteiger partial charge in [0.25, 0.3) is 0 Å². The standard InChI is InChI=1S/C28H48N4O6/c1-19(2)23(31-27(35)29-21-11-7-5-8-12-21)17-37-25(33)15-16-26(34)38-18-24(20(3)4)32-28(36)30-22-13-9-6-10-14-22/h15-16,19-24H,5-14,17-18H2,1-4H3,(H2,29,31,35)(H2,30,32,36)/b16-15+/t23-,24-/m1/s1. The summed E-state index contributed by atoms with van der Waals surface area (Å²) in [5.74, 6) is -1.31. The first kappa shape index (κ1) is 31.4. The van der Waals surface area contributed by atoms with Crippen molar-refractivity contribution < 1.29 is 28.7 Å². The van der Waals surface area contributed by atoms with E-state index in [1.165, 1.54) is 12.8 Å². The predicted octanol–water partition coefficient (Wildman–Crippen LogP) is 3.94. The second-order valence-corrected chi connectivity index (χ2v) is 11.2. The van der Waals surface area contributed by atoms with Gasteiger partial charge in [-0.2, -0.15) is 0 Å². The molecule has 2 atom stereocenters. The van der Waals surface area contributed by atoms with Gasteiger partial charge in [0.15, 0.2) is 0 Å². The first-order valence-corrected chi connectivity index (χ1v) is 14.3. The highest BCUT2D eigenvalue weighted by atomic mass is 16.5. The largest absolute Gasteiger partial charge is 0.460 e. The Bertz CT molecular complexity index is 724. The molecule has 0 radical (unpaired) electrons. The number of esters is 2. The summed E-state index contributed by atoms with van der Waals surface area (Å²) in [6.07, 6.45) is 12.8.